The molecule has 6 nitrogen and oxygen atoms in total. The summed E-state index contributed by atoms with van der Waals surface area (Å²) in [6, 6.07) is 8.01. The zero-order valence-electron chi connectivity index (χ0n) is 10.3. The standard InChI is InChI=1S/C13H15N3O3/c14-7-9-1-3-10(4-2-9)8-16-11(13(18)19)5-6-12(15)17/h1-4,11,16H,5-6,8H2,(H2,15,17)(H,18,19)/t11-/m0/s1. The maximum absolute atomic E-state index is 11.0. The van der Waals surface area contributed by atoms with Gasteiger partial charge >= 0.3 is 5.97 Å². The number of carbonyl (C=O) groups is 2. The molecule has 6 heteroatoms. The van der Waals surface area contributed by atoms with Gasteiger partial charge in [-0.25, -0.2) is 0 Å². The van der Waals surface area contributed by atoms with Crippen molar-refractivity contribution in [2.45, 2.75) is 25.4 Å². The minimum Gasteiger partial charge on any atom is -0.480 e. The summed E-state index contributed by atoms with van der Waals surface area (Å²) < 4.78 is 0. The average Bonchev–Trinajstić information content (AvgIpc) is 2.38. The van der Waals surface area contributed by atoms with Gasteiger partial charge in [-0.2, -0.15) is 5.26 Å². The van der Waals surface area contributed by atoms with Gasteiger partial charge in [0.15, 0.2) is 0 Å². The maximum Gasteiger partial charge on any atom is 0.320 e. The van der Waals surface area contributed by atoms with E-state index in [9.17, 15) is 9.59 Å². The minimum absolute atomic E-state index is 0.0251. The Bertz CT molecular complexity index is 491. The van der Waals surface area contributed by atoms with Crippen molar-refractivity contribution in [1.29, 1.82) is 5.26 Å². The first-order valence-corrected chi connectivity index (χ1v) is 5.76. The molecule has 1 atom stereocenters. The lowest BCUT2D eigenvalue weighted by atomic mass is 10.1. The van der Waals surface area contributed by atoms with Gasteiger partial charge in [-0.3, -0.25) is 9.59 Å². The predicted octanol–water partition coefficient (Wildman–Crippen LogP) is 0.367. The normalized spacial score (nSPS) is 11.5. The molecule has 0 aliphatic heterocycles. The van der Waals surface area contributed by atoms with Crippen molar-refractivity contribution in [3.8, 4) is 6.07 Å². The van der Waals surface area contributed by atoms with Crippen LogP contribution in [0.4, 0.5) is 0 Å². The van der Waals surface area contributed by atoms with Crippen molar-refractivity contribution < 1.29 is 14.7 Å². The summed E-state index contributed by atoms with van der Waals surface area (Å²) in [6.07, 6.45) is 0.179. The second-order valence-corrected chi connectivity index (χ2v) is 4.09. The Balaban J connectivity index is 2.53. The molecule has 0 radical (unpaired) electrons. The van der Waals surface area contributed by atoms with Crippen LogP contribution in [0.3, 0.4) is 0 Å². The Labute approximate surface area is 110 Å². The molecule has 19 heavy (non-hydrogen) atoms. The molecule has 0 fully saturated rings. The van der Waals surface area contributed by atoms with E-state index in [1.165, 1.54) is 0 Å². The maximum atomic E-state index is 11.0. The van der Waals surface area contributed by atoms with Crippen molar-refractivity contribution in [2.24, 2.45) is 5.73 Å². The predicted molar refractivity (Wildman–Crippen MR) is 67.8 cm³/mol. The van der Waals surface area contributed by atoms with Crippen molar-refractivity contribution in [3.63, 3.8) is 0 Å². The number of aliphatic carboxylic acids is 1. The van der Waals surface area contributed by atoms with Gasteiger partial charge in [0.25, 0.3) is 0 Å². The van der Waals surface area contributed by atoms with Gasteiger partial charge < -0.3 is 16.2 Å². The third-order valence-corrected chi connectivity index (χ3v) is 2.61. The summed E-state index contributed by atoms with van der Waals surface area (Å²) in [5, 5.41) is 20.5. The van der Waals surface area contributed by atoms with Crippen LogP contribution in [-0.4, -0.2) is 23.0 Å². The van der Waals surface area contributed by atoms with Crippen molar-refractivity contribution in [2.75, 3.05) is 0 Å². The number of primary amides is 1. The number of nitrogens with one attached hydrogen (secondary N) is 1. The van der Waals surface area contributed by atoms with Crippen LogP contribution < -0.4 is 11.1 Å². The number of nitriles is 1. The summed E-state index contributed by atoms with van der Waals surface area (Å²) in [7, 11) is 0. The molecule has 0 bridgehead atoms. The smallest absolute Gasteiger partial charge is 0.320 e. The zero-order chi connectivity index (χ0) is 14.3. The number of carboxylic acid groups (broad SMARTS) is 1. The highest BCUT2D eigenvalue weighted by atomic mass is 16.4. The number of benzene rings is 1. The molecule has 1 aromatic carbocycles. The third-order valence-electron chi connectivity index (χ3n) is 2.61. The van der Waals surface area contributed by atoms with Crippen LogP contribution in [0.25, 0.3) is 0 Å². The number of carbonyl (C=O) groups excluding carboxylic acids is 1. The van der Waals surface area contributed by atoms with Crippen molar-refractivity contribution in [3.05, 3.63) is 35.4 Å². The van der Waals surface area contributed by atoms with Crippen LogP contribution in [0.2, 0.25) is 0 Å². The van der Waals surface area contributed by atoms with Crippen LogP contribution in [0, 0.1) is 11.3 Å². The Hall–Kier alpha value is -2.39. The van der Waals surface area contributed by atoms with Crippen LogP contribution >= 0.6 is 0 Å². The molecule has 0 saturated heterocycles. The fourth-order valence-corrected chi connectivity index (χ4v) is 1.54. The first kappa shape index (κ1) is 14.7. The van der Waals surface area contributed by atoms with Gasteiger partial charge in [0.2, 0.25) is 5.91 Å². The summed E-state index contributed by atoms with van der Waals surface area (Å²) in [6.45, 7) is 0.349. The third kappa shape index (κ3) is 5.19. The van der Waals surface area contributed by atoms with Gasteiger partial charge in [-0.15, -0.1) is 0 Å². The van der Waals surface area contributed by atoms with Gasteiger partial charge in [-0.05, 0) is 24.1 Å². The van der Waals surface area contributed by atoms with E-state index in [0.29, 0.717) is 12.1 Å². The molecule has 4 N–H and O–H groups in total. The topological polar surface area (TPSA) is 116 Å². The Morgan fingerprint density at radius 2 is 2.00 bits per heavy atom. The number of hydrogen-bond donors (Lipinski definition) is 3. The molecule has 1 rings (SSSR count). The van der Waals surface area contributed by atoms with E-state index in [2.05, 4.69) is 5.32 Å². The largest absolute Gasteiger partial charge is 0.480 e. The van der Waals surface area contributed by atoms with E-state index >= 15 is 0 Å². The SMILES string of the molecule is N#Cc1ccc(CN[C@@H](CCC(N)=O)C(=O)O)cc1. The van der Waals surface area contributed by atoms with E-state index in [-0.39, 0.29) is 12.8 Å². The van der Waals surface area contributed by atoms with E-state index in [1.807, 2.05) is 6.07 Å². The molecule has 100 valence electrons. The highest BCUT2D eigenvalue weighted by molar-refractivity contribution is 5.77. The Morgan fingerprint density at radius 3 is 2.47 bits per heavy atom. The number of amides is 1. The minimum atomic E-state index is -1.02. The quantitative estimate of drug-likeness (QED) is 0.655. The highest BCUT2D eigenvalue weighted by Crippen LogP contribution is 2.05. The first-order valence-electron chi connectivity index (χ1n) is 5.76. The molecule has 0 saturated carbocycles. The summed E-state index contributed by atoms with van der Waals surface area (Å²) in [4.78, 5) is 21.6. The molecule has 1 aromatic rings. The average molecular weight is 261 g/mol. The fraction of sp³-hybridized carbons (Fsp3) is 0.308. The summed E-state index contributed by atoms with van der Waals surface area (Å²) in [5.41, 5.74) is 6.40. The molecule has 0 aliphatic rings. The first-order chi connectivity index (χ1) is 9.02. The lowest BCUT2D eigenvalue weighted by Gasteiger charge is -2.13. The van der Waals surface area contributed by atoms with Crippen LogP contribution in [0.1, 0.15) is 24.0 Å². The lowest BCUT2D eigenvalue weighted by molar-refractivity contribution is -0.139. The second-order valence-electron chi connectivity index (χ2n) is 4.09. The highest BCUT2D eigenvalue weighted by Gasteiger charge is 2.17. The van der Waals surface area contributed by atoms with E-state index in [4.69, 9.17) is 16.1 Å². The number of hydrogen-bond acceptors (Lipinski definition) is 4. The second kappa shape index (κ2) is 7.13. The number of rotatable bonds is 7. The molecule has 0 spiro atoms. The van der Waals surface area contributed by atoms with Crippen molar-refractivity contribution >= 4 is 11.9 Å². The lowest BCUT2D eigenvalue weighted by Crippen LogP contribution is -2.37. The Morgan fingerprint density at radius 1 is 1.37 bits per heavy atom. The zero-order valence-corrected chi connectivity index (χ0v) is 10.3. The molecule has 0 aromatic heterocycles. The molecular weight excluding hydrogens is 246 g/mol. The van der Waals surface area contributed by atoms with Gasteiger partial charge in [-0.1, -0.05) is 12.1 Å². The van der Waals surface area contributed by atoms with E-state index < -0.39 is 17.9 Å². The van der Waals surface area contributed by atoms with Gasteiger partial charge in [0.05, 0.1) is 11.6 Å². The monoisotopic (exact) mass is 261 g/mol. The summed E-state index contributed by atoms with van der Waals surface area (Å²) in [5.74, 6) is -1.54. The molecule has 0 unspecified atom stereocenters. The molecular formula is C13H15N3O3. The summed E-state index contributed by atoms with van der Waals surface area (Å²) >= 11 is 0. The Kier molecular flexibility index (Phi) is 5.51. The number of nitrogens with zero attached hydrogens (tertiary/aromatic N) is 1. The molecule has 1 amide bonds. The molecule has 0 aliphatic carbocycles. The van der Waals surface area contributed by atoms with E-state index in [1.54, 1.807) is 24.3 Å². The van der Waals surface area contributed by atoms with Crippen LogP contribution in [0.15, 0.2) is 24.3 Å². The number of nitrogens with two attached hydrogens (primary N) is 1. The van der Waals surface area contributed by atoms with Gasteiger partial charge in [0.1, 0.15) is 6.04 Å². The molecule has 0 heterocycles. The number of carboxylic acids is 1. The van der Waals surface area contributed by atoms with Crippen LogP contribution in [0.5, 0.6) is 0 Å². The van der Waals surface area contributed by atoms with E-state index in [0.717, 1.165) is 5.56 Å². The van der Waals surface area contributed by atoms with Crippen molar-refractivity contribution in [1.82, 2.24) is 5.32 Å². The van der Waals surface area contributed by atoms with Gasteiger partial charge in [0, 0.05) is 13.0 Å². The fourth-order valence-electron chi connectivity index (χ4n) is 1.54. The van der Waals surface area contributed by atoms with Crippen LogP contribution in [-0.2, 0) is 16.1 Å².